The lowest BCUT2D eigenvalue weighted by Gasteiger charge is -2.34. The molecule has 1 amide bonds. The molecule has 0 saturated carbocycles. The fraction of sp³-hybridized carbons (Fsp3) is 0.789. The van der Waals surface area contributed by atoms with Gasteiger partial charge >= 0.3 is 0 Å². The zero-order chi connectivity index (χ0) is 18.5. The Bertz CT molecular complexity index is 578. The van der Waals surface area contributed by atoms with Crippen LogP contribution >= 0.6 is 11.3 Å². The highest BCUT2D eigenvalue weighted by Crippen LogP contribution is 2.25. The minimum atomic E-state index is 0.0885. The highest BCUT2D eigenvalue weighted by molar-refractivity contribution is 7.13. The molecule has 0 spiro atoms. The number of aromatic nitrogens is 1. The van der Waals surface area contributed by atoms with E-state index in [9.17, 15) is 4.79 Å². The van der Waals surface area contributed by atoms with Crippen LogP contribution in [-0.2, 0) is 16.1 Å². The van der Waals surface area contributed by atoms with Crippen molar-refractivity contribution in [3.8, 4) is 0 Å². The lowest BCUT2D eigenvalue weighted by molar-refractivity contribution is -0.117. The van der Waals surface area contributed by atoms with E-state index in [1.165, 1.54) is 24.2 Å². The molecule has 1 aromatic heterocycles. The Morgan fingerprint density at radius 3 is 2.77 bits per heavy atom. The molecule has 2 N–H and O–H groups in total. The number of rotatable bonds is 6. The standard InChI is InChI=1S/C19H32N4O2S/c1-13(16-4-6-20-7-5-16)8-18(24)22-19-21-17(12-26-19)11-23-9-14(2)25-15(3)10-23/h12-16,20H,4-11H2,1-3H3,(H,21,22,24). The predicted octanol–water partition coefficient (Wildman–Crippen LogP) is 2.72. The average molecular weight is 381 g/mol. The first-order valence-corrected chi connectivity index (χ1v) is 10.7. The van der Waals surface area contributed by atoms with Crippen LogP contribution < -0.4 is 10.6 Å². The number of carbonyl (C=O) groups is 1. The normalized spacial score (nSPS) is 26.6. The second-order valence-corrected chi connectivity index (χ2v) is 8.77. The van der Waals surface area contributed by atoms with Gasteiger partial charge in [0.15, 0.2) is 5.13 Å². The number of nitrogens with zero attached hydrogens (tertiary/aromatic N) is 2. The maximum Gasteiger partial charge on any atom is 0.226 e. The number of carbonyl (C=O) groups excluding carboxylic acids is 1. The summed E-state index contributed by atoms with van der Waals surface area (Å²) < 4.78 is 5.78. The first-order valence-electron chi connectivity index (χ1n) is 9.82. The summed E-state index contributed by atoms with van der Waals surface area (Å²) in [7, 11) is 0. The van der Waals surface area contributed by atoms with Crippen molar-refractivity contribution in [1.29, 1.82) is 0 Å². The molecule has 2 fully saturated rings. The Morgan fingerprint density at radius 2 is 2.08 bits per heavy atom. The zero-order valence-corrected chi connectivity index (χ0v) is 17.0. The third-order valence-corrected chi connectivity index (χ3v) is 6.18. The highest BCUT2D eigenvalue weighted by Gasteiger charge is 2.24. The van der Waals surface area contributed by atoms with Crippen molar-refractivity contribution in [3.63, 3.8) is 0 Å². The number of morpholine rings is 1. The molecule has 6 nitrogen and oxygen atoms in total. The smallest absolute Gasteiger partial charge is 0.226 e. The third-order valence-electron chi connectivity index (χ3n) is 5.37. The van der Waals surface area contributed by atoms with Gasteiger partial charge in [-0.15, -0.1) is 11.3 Å². The Labute approximate surface area is 160 Å². The van der Waals surface area contributed by atoms with Gasteiger partial charge in [0.05, 0.1) is 17.9 Å². The predicted molar refractivity (Wildman–Crippen MR) is 105 cm³/mol. The number of amides is 1. The fourth-order valence-electron chi connectivity index (χ4n) is 4.12. The number of ether oxygens (including phenoxy) is 1. The van der Waals surface area contributed by atoms with E-state index >= 15 is 0 Å². The van der Waals surface area contributed by atoms with Crippen LogP contribution in [-0.4, -0.2) is 54.2 Å². The van der Waals surface area contributed by atoms with Crippen molar-refractivity contribution < 1.29 is 9.53 Å². The second-order valence-electron chi connectivity index (χ2n) is 7.91. The molecular formula is C19H32N4O2S. The van der Waals surface area contributed by atoms with E-state index in [4.69, 9.17) is 4.74 Å². The lowest BCUT2D eigenvalue weighted by Crippen LogP contribution is -2.44. The summed E-state index contributed by atoms with van der Waals surface area (Å²) in [6, 6.07) is 0. The molecule has 146 valence electrons. The van der Waals surface area contributed by atoms with Crippen molar-refractivity contribution in [2.75, 3.05) is 31.5 Å². The molecule has 0 aliphatic carbocycles. The highest BCUT2D eigenvalue weighted by atomic mass is 32.1. The van der Waals surface area contributed by atoms with Gasteiger partial charge < -0.3 is 15.4 Å². The van der Waals surface area contributed by atoms with Crippen LogP contribution in [0.2, 0.25) is 0 Å². The minimum Gasteiger partial charge on any atom is -0.373 e. The van der Waals surface area contributed by atoms with E-state index in [0.29, 0.717) is 18.3 Å². The molecular weight excluding hydrogens is 348 g/mol. The molecule has 0 bridgehead atoms. The number of piperidine rings is 1. The van der Waals surface area contributed by atoms with Crippen LogP contribution in [0.1, 0.15) is 45.7 Å². The van der Waals surface area contributed by atoms with E-state index in [1.54, 1.807) is 0 Å². The van der Waals surface area contributed by atoms with Gasteiger partial charge in [-0.05, 0) is 51.6 Å². The van der Waals surface area contributed by atoms with Crippen molar-refractivity contribution in [2.24, 2.45) is 11.8 Å². The summed E-state index contributed by atoms with van der Waals surface area (Å²) in [5.41, 5.74) is 1.03. The molecule has 3 unspecified atom stereocenters. The van der Waals surface area contributed by atoms with E-state index < -0.39 is 0 Å². The lowest BCUT2D eigenvalue weighted by atomic mass is 9.84. The molecule has 7 heteroatoms. The minimum absolute atomic E-state index is 0.0885. The monoisotopic (exact) mass is 380 g/mol. The van der Waals surface area contributed by atoms with Gasteiger partial charge in [0.2, 0.25) is 5.91 Å². The van der Waals surface area contributed by atoms with E-state index in [2.05, 4.69) is 46.7 Å². The third kappa shape index (κ3) is 5.74. The molecule has 26 heavy (non-hydrogen) atoms. The molecule has 3 heterocycles. The fourth-order valence-corrected chi connectivity index (χ4v) is 4.84. The molecule has 0 aromatic carbocycles. The van der Waals surface area contributed by atoms with Crippen molar-refractivity contribution in [1.82, 2.24) is 15.2 Å². The SMILES string of the molecule is CC1CN(Cc2csc(NC(=O)CC(C)C3CCNCC3)n2)CC(C)O1. The van der Waals surface area contributed by atoms with Crippen LogP contribution in [0.5, 0.6) is 0 Å². The van der Waals surface area contributed by atoms with Gasteiger partial charge in [0.25, 0.3) is 0 Å². The average Bonchev–Trinajstić information content (AvgIpc) is 3.01. The molecule has 3 atom stereocenters. The first-order chi connectivity index (χ1) is 12.5. The number of nitrogens with one attached hydrogen (secondary N) is 2. The summed E-state index contributed by atoms with van der Waals surface area (Å²) in [6.45, 7) is 11.2. The van der Waals surface area contributed by atoms with Crippen LogP contribution in [0.25, 0.3) is 0 Å². The van der Waals surface area contributed by atoms with Crippen molar-refractivity contribution in [3.05, 3.63) is 11.1 Å². The van der Waals surface area contributed by atoms with Gasteiger partial charge in [-0.25, -0.2) is 4.98 Å². The second kappa shape index (κ2) is 9.26. The van der Waals surface area contributed by atoms with Crippen LogP contribution in [0, 0.1) is 11.8 Å². The van der Waals surface area contributed by atoms with Gasteiger partial charge in [-0.2, -0.15) is 0 Å². The van der Waals surface area contributed by atoms with Gasteiger partial charge in [0, 0.05) is 31.4 Å². The van der Waals surface area contributed by atoms with Crippen molar-refractivity contribution in [2.45, 2.75) is 58.8 Å². The maximum atomic E-state index is 12.4. The van der Waals surface area contributed by atoms with E-state index in [1.807, 2.05) is 0 Å². The molecule has 0 radical (unpaired) electrons. The largest absolute Gasteiger partial charge is 0.373 e. The summed E-state index contributed by atoms with van der Waals surface area (Å²) in [5.74, 6) is 1.16. The van der Waals surface area contributed by atoms with Crippen molar-refractivity contribution >= 4 is 22.4 Å². The molecule has 2 saturated heterocycles. The number of hydrogen-bond donors (Lipinski definition) is 2. The maximum absolute atomic E-state index is 12.4. The summed E-state index contributed by atoms with van der Waals surface area (Å²) in [4.78, 5) is 19.3. The topological polar surface area (TPSA) is 66.5 Å². The molecule has 3 rings (SSSR count). The quantitative estimate of drug-likeness (QED) is 0.794. The van der Waals surface area contributed by atoms with Gasteiger partial charge in [-0.3, -0.25) is 9.69 Å². The molecule has 2 aliphatic heterocycles. The number of hydrogen-bond acceptors (Lipinski definition) is 6. The Balaban J connectivity index is 1.46. The molecule has 1 aromatic rings. The van der Waals surface area contributed by atoms with E-state index in [-0.39, 0.29) is 18.1 Å². The Kier molecular flexibility index (Phi) is 7.03. The van der Waals surface area contributed by atoms with E-state index in [0.717, 1.165) is 43.5 Å². The van der Waals surface area contributed by atoms with Gasteiger partial charge in [0.1, 0.15) is 0 Å². The van der Waals surface area contributed by atoms with Gasteiger partial charge in [-0.1, -0.05) is 6.92 Å². The Morgan fingerprint density at radius 1 is 1.38 bits per heavy atom. The number of anilines is 1. The van der Waals surface area contributed by atoms with Crippen LogP contribution in [0.15, 0.2) is 5.38 Å². The van der Waals surface area contributed by atoms with Crippen LogP contribution in [0.3, 0.4) is 0 Å². The molecule has 2 aliphatic rings. The Hall–Kier alpha value is -1.02. The number of thiazole rings is 1. The van der Waals surface area contributed by atoms with Crippen LogP contribution in [0.4, 0.5) is 5.13 Å². The summed E-state index contributed by atoms with van der Waals surface area (Å²) >= 11 is 1.52. The first kappa shape index (κ1) is 19.7. The zero-order valence-electron chi connectivity index (χ0n) is 16.2. The summed E-state index contributed by atoms with van der Waals surface area (Å²) in [6.07, 6.45) is 3.44. The summed E-state index contributed by atoms with van der Waals surface area (Å²) in [5, 5.41) is 9.15.